The van der Waals surface area contributed by atoms with Crippen LogP contribution in [-0.2, 0) is 14.3 Å². The number of rotatable bonds is 3. The summed E-state index contributed by atoms with van der Waals surface area (Å²) in [4.78, 5) is 2.09. The number of hydrogen-bond acceptors (Lipinski definition) is 4. The lowest BCUT2D eigenvalue weighted by molar-refractivity contribution is 0.180. The van der Waals surface area contributed by atoms with Gasteiger partial charge in [0.15, 0.2) is 0 Å². The van der Waals surface area contributed by atoms with Gasteiger partial charge < -0.3 is 4.90 Å². The molecule has 2 rings (SSSR count). The van der Waals surface area contributed by atoms with Crippen molar-refractivity contribution in [1.29, 1.82) is 0 Å². The summed E-state index contributed by atoms with van der Waals surface area (Å²) in [6, 6.07) is 5.33. The van der Waals surface area contributed by atoms with E-state index in [1.54, 1.807) is 12.1 Å². The number of anilines is 1. The summed E-state index contributed by atoms with van der Waals surface area (Å²) >= 11 is 12.1. The van der Waals surface area contributed by atoms with Crippen molar-refractivity contribution in [2.75, 3.05) is 24.2 Å². The third kappa shape index (κ3) is 4.24. The molecule has 19 heavy (non-hydrogen) atoms. The molecule has 7 heteroatoms. The van der Waals surface area contributed by atoms with E-state index in [1.807, 2.05) is 6.07 Å². The van der Waals surface area contributed by atoms with Crippen LogP contribution < -0.4 is 4.90 Å². The molecule has 1 heterocycles. The molecule has 0 bridgehead atoms. The van der Waals surface area contributed by atoms with Crippen LogP contribution in [0.2, 0.25) is 10.0 Å². The second kappa shape index (κ2) is 5.87. The lowest BCUT2D eigenvalue weighted by Gasteiger charge is -2.33. The Morgan fingerprint density at radius 3 is 2.47 bits per heavy atom. The van der Waals surface area contributed by atoms with Crippen LogP contribution in [0.5, 0.6) is 0 Å². The molecule has 0 spiro atoms. The third-order valence-corrected chi connectivity index (χ3v) is 4.18. The Bertz CT molecular complexity index is 554. The van der Waals surface area contributed by atoms with E-state index in [2.05, 4.69) is 4.90 Å². The second-order valence-corrected chi connectivity index (χ2v) is 7.03. The molecule has 0 aliphatic carbocycles. The van der Waals surface area contributed by atoms with Gasteiger partial charge in [-0.3, -0.25) is 4.18 Å². The molecule has 106 valence electrons. The maximum Gasteiger partial charge on any atom is 0.264 e. The number of hydrogen-bond donors (Lipinski definition) is 0. The Hall–Kier alpha value is -0.490. The molecule has 0 radical (unpaired) electrons. The topological polar surface area (TPSA) is 46.6 Å². The lowest BCUT2D eigenvalue weighted by Crippen LogP contribution is -2.37. The molecule has 1 aliphatic rings. The van der Waals surface area contributed by atoms with Crippen LogP contribution in [0, 0.1) is 0 Å². The van der Waals surface area contributed by atoms with E-state index in [1.165, 1.54) is 0 Å². The van der Waals surface area contributed by atoms with Crippen LogP contribution in [-0.4, -0.2) is 33.9 Å². The molecule has 0 amide bonds. The van der Waals surface area contributed by atoms with Gasteiger partial charge in [0.1, 0.15) is 0 Å². The number of benzene rings is 1. The van der Waals surface area contributed by atoms with Gasteiger partial charge in [0.05, 0.1) is 23.1 Å². The van der Waals surface area contributed by atoms with Crippen LogP contribution in [0.4, 0.5) is 5.69 Å². The van der Waals surface area contributed by atoms with Gasteiger partial charge in [-0.15, -0.1) is 0 Å². The molecule has 0 N–H and O–H groups in total. The summed E-state index contributed by atoms with van der Waals surface area (Å²) in [5.41, 5.74) is 0.881. The van der Waals surface area contributed by atoms with E-state index in [-0.39, 0.29) is 6.10 Å². The van der Waals surface area contributed by atoms with Crippen molar-refractivity contribution >= 4 is 39.0 Å². The zero-order valence-corrected chi connectivity index (χ0v) is 12.8. The van der Waals surface area contributed by atoms with Crippen molar-refractivity contribution in [2.45, 2.75) is 18.9 Å². The average Bonchev–Trinajstić information content (AvgIpc) is 2.31. The number of halogens is 2. The monoisotopic (exact) mass is 323 g/mol. The smallest absolute Gasteiger partial charge is 0.264 e. The standard InChI is InChI=1S/C12H15Cl2NO3S/c1-19(16,17)18-10-4-6-15(7-5-10)12-8-9(13)2-3-11(12)14/h2-3,8,10H,4-7H2,1H3. The van der Waals surface area contributed by atoms with Crippen molar-refractivity contribution in [2.24, 2.45) is 0 Å². The van der Waals surface area contributed by atoms with Gasteiger partial charge in [-0.1, -0.05) is 23.2 Å². The molecule has 0 aromatic heterocycles. The first-order valence-electron chi connectivity index (χ1n) is 5.93. The molecule has 1 aromatic carbocycles. The first-order chi connectivity index (χ1) is 8.85. The van der Waals surface area contributed by atoms with Gasteiger partial charge in [0.2, 0.25) is 0 Å². The third-order valence-electron chi connectivity index (χ3n) is 3.00. The van der Waals surface area contributed by atoms with Crippen molar-refractivity contribution in [3.05, 3.63) is 28.2 Å². The van der Waals surface area contributed by atoms with Gasteiger partial charge in [0.25, 0.3) is 10.1 Å². The second-order valence-electron chi connectivity index (χ2n) is 4.58. The average molecular weight is 324 g/mol. The molecule has 0 unspecified atom stereocenters. The maximum atomic E-state index is 11.1. The van der Waals surface area contributed by atoms with Gasteiger partial charge >= 0.3 is 0 Å². The first-order valence-corrected chi connectivity index (χ1v) is 8.50. The fourth-order valence-corrected chi connectivity index (χ4v) is 3.26. The van der Waals surface area contributed by atoms with Crippen molar-refractivity contribution in [1.82, 2.24) is 0 Å². The van der Waals surface area contributed by atoms with Gasteiger partial charge in [-0.05, 0) is 31.0 Å². The summed E-state index contributed by atoms with van der Waals surface area (Å²) in [6.45, 7) is 1.39. The fourth-order valence-electron chi connectivity index (χ4n) is 2.17. The fraction of sp³-hybridized carbons (Fsp3) is 0.500. The maximum absolute atomic E-state index is 11.1. The van der Waals surface area contributed by atoms with E-state index >= 15 is 0 Å². The molecular weight excluding hydrogens is 309 g/mol. The highest BCUT2D eigenvalue weighted by Gasteiger charge is 2.24. The molecule has 1 aromatic rings. The van der Waals surface area contributed by atoms with Gasteiger partial charge in [0, 0.05) is 18.1 Å². The summed E-state index contributed by atoms with van der Waals surface area (Å²) in [5.74, 6) is 0. The highest BCUT2D eigenvalue weighted by Crippen LogP contribution is 2.31. The lowest BCUT2D eigenvalue weighted by atomic mass is 10.1. The van der Waals surface area contributed by atoms with Gasteiger partial charge in [-0.25, -0.2) is 0 Å². The Morgan fingerprint density at radius 2 is 1.89 bits per heavy atom. The Labute approximate surface area is 123 Å². The van der Waals surface area contributed by atoms with Crippen LogP contribution in [0.3, 0.4) is 0 Å². The molecule has 4 nitrogen and oxygen atoms in total. The van der Waals surface area contributed by atoms with Crippen molar-refractivity contribution in [3.8, 4) is 0 Å². The van der Waals surface area contributed by atoms with Crippen LogP contribution >= 0.6 is 23.2 Å². The zero-order valence-electron chi connectivity index (χ0n) is 10.5. The highest BCUT2D eigenvalue weighted by atomic mass is 35.5. The largest absolute Gasteiger partial charge is 0.370 e. The molecule has 1 fully saturated rings. The van der Waals surface area contributed by atoms with E-state index < -0.39 is 10.1 Å². The van der Waals surface area contributed by atoms with Crippen molar-refractivity contribution in [3.63, 3.8) is 0 Å². The van der Waals surface area contributed by atoms with E-state index in [0.29, 0.717) is 36.0 Å². The summed E-state index contributed by atoms with van der Waals surface area (Å²) in [5, 5.41) is 1.28. The minimum atomic E-state index is -3.39. The summed E-state index contributed by atoms with van der Waals surface area (Å²) < 4.78 is 27.2. The number of nitrogens with zero attached hydrogens (tertiary/aromatic N) is 1. The zero-order chi connectivity index (χ0) is 14.0. The Morgan fingerprint density at radius 1 is 1.26 bits per heavy atom. The molecule has 0 saturated carbocycles. The van der Waals surface area contributed by atoms with E-state index in [9.17, 15) is 8.42 Å². The minimum Gasteiger partial charge on any atom is -0.370 e. The van der Waals surface area contributed by atoms with Gasteiger partial charge in [-0.2, -0.15) is 8.42 Å². The van der Waals surface area contributed by atoms with Crippen LogP contribution in [0.25, 0.3) is 0 Å². The van der Waals surface area contributed by atoms with E-state index in [4.69, 9.17) is 27.4 Å². The summed E-state index contributed by atoms with van der Waals surface area (Å²) in [7, 11) is -3.39. The minimum absolute atomic E-state index is 0.246. The molecule has 1 saturated heterocycles. The number of piperidine rings is 1. The van der Waals surface area contributed by atoms with Crippen LogP contribution in [0.1, 0.15) is 12.8 Å². The molecular formula is C12H15Cl2NO3S. The highest BCUT2D eigenvalue weighted by molar-refractivity contribution is 7.86. The molecule has 1 aliphatic heterocycles. The van der Waals surface area contributed by atoms with Crippen LogP contribution in [0.15, 0.2) is 18.2 Å². The predicted molar refractivity (Wildman–Crippen MR) is 77.6 cm³/mol. The normalized spacial score (nSPS) is 17.7. The predicted octanol–water partition coefficient (Wildman–Crippen LogP) is 2.94. The Balaban J connectivity index is 2.02. The SMILES string of the molecule is CS(=O)(=O)OC1CCN(c2cc(Cl)ccc2Cl)CC1. The van der Waals surface area contributed by atoms with E-state index in [0.717, 1.165) is 11.9 Å². The molecule has 0 atom stereocenters. The Kier molecular flexibility index (Phi) is 4.61. The summed E-state index contributed by atoms with van der Waals surface area (Å²) in [6.07, 6.45) is 2.13. The van der Waals surface area contributed by atoms with Crippen molar-refractivity contribution < 1.29 is 12.6 Å². The first kappa shape index (κ1) is 14.9. The quantitative estimate of drug-likeness (QED) is 0.802.